The van der Waals surface area contributed by atoms with Crippen molar-refractivity contribution < 1.29 is 14.3 Å². The predicted molar refractivity (Wildman–Crippen MR) is 94.6 cm³/mol. The molecule has 0 saturated heterocycles. The van der Waals surface area contributed by atoms with Crippen molar-refractivity contribution in [2.24, 2.45) is 0 Å². The lowest BCUT2D eigenvalue weighted by atomic mass is 10.0. The van der Waals surface area contributed by atoms with E-state index in [1.165, 1.54) is 0 Å². The van der Waals surface area contributed by atoms with Crippen LogP contribution in [-0.4, -0.2) is 13.1 Å². The first-order valence-corrected chi connectivity index (χ1v) is 7.69. The minimum Gasteiger partial charge on any atom is -0.497 e. The number of hydrogen-bond acceptors (Lipinski definition) is 3. The third-order valence-electron chi connectivity index (χ3n) is 3.75. The molecule has 0 spiro atoms. The van der Waals surface area contributed by atoms with E-state index < -0.39 is 0 Å². The average molecular weight is 318 g/mol. The molecule has 0 unspecified atom stereocenters. The maximum atomic E-state index is 12.3. The molecular formula is C21H18O3. The van der Waals surface area contributed by atoms with Gasteiger partial charge in [-0.05, 0) is 54.4 Å². The zero-order chi connectivity index (χ0) is 16.9. The van der Waals surface area contributed by atoms with Crippen LogP contribution in [0.5, 0.6) is 11.5 Å². The quantitative estimate of drug-likeness (QED) is 0.507. The van der Waals surface area contributed by atoms with Gasteiger partial charge in [-0.15, -0.1) is 0 Å². The second kappa shape index (κ2) is 7.01. The van der Waals surface area contributed by atoms with Crippen molar-refractivity contribution in [3.8, 4) is 22.6 Å². The van der Waals surface area contributed by atoms with Crippen LogP contribution in [0.15, 0.2) is 72.8 Å². The number of esters is 1. The molecule has 24 heavy (non-hydrogen) atoms. The summed E-state index contributed by atoms with van der Waals surface area (Å²) in [6.45, 7) is 1.99. The standard InChI is InChI=1S/C21H18O3/c1-15-6-10-20(11-7-15)24-21(22)18-5-3-4-17(14-18)16-8-12-19(23-2)13-9-16/h3-14H,1-2H3. The minimum absolute atomic E-state index is 0.366. The largest absolute Gasteiger partial charge is 0.497 e. The molecule has 120 valence electrons. The molecule has 0 N–H and O–H groups in total. The third-order valence-corrected chi connectivity index (χ3v) is 3.75. The van der Waals surface area contributed by atoms with Gasteiger partial charge in [-0.1, -0.05) is 42.0 Å². The molecule has 0 bridgehead atoms. The van der Waals surface area contributed by atoms with E-state index in [0.717, 1.165) is 22.4 Å². The first-order chi connectivity index (χ1) is 11.7. The number of rotatable bonds is 4. The highest BCUT2D eigenvalue weighted by Crippen LogP contribution is 2.24. The highest BCUT2D eigenvalue weighted by atomic mass is 16.5. The Morgan fingerprint density at radius 2 is 1.46 bits per heavy atom. The highest BCUT2D eigenvalue weighted by molar-refractivity contribution is 5.92. The summed E-state index contributed by atoms with van der Waals surface area (Å²) >= 11 is 0. The fourth-order valence-electron chi connectivity index (χ4n) is 2.38. The Kier molecular flexibility index (Phi) is 4.62. The second-order valence-electron chi connectivity index (χ2n) is 5.51. The van der Waals surface area contributed by atoms with Gasteiger partial charge in [-0.25, -0.2) is 4.79 Å². The van der Waals surface area contributed by atoms with Crippen molar-refractivity contribution >= 4 is 5.97 Å². The van der Waals surface area contributed by atoms with Crippen molar-refractivity contribution in [2.45, 2.75) is 6.92 Å². The average Bonchev–Trinajstić information content (AvgIpc) is 2.64. The molecule has 0 aliphatic heterocycles. The molecular weight excluding hydrogens is 300 g/mol. The van der Waals surface area contributed by atoms with Crippen LogP contribution >= 0.6 is 0 Å². The molecule has 0 aromatic heterocycles. The Bertz CT molecular complexity index is 834. The molecule has 0 atom stereocenters. The summed E-state index contributed by atoms with van der Waals surface area (Å²) in [5.74, 6) is 0.975. The topological polar surface area (TPSA) is 35.5 Å². The van der Waals surface area contributed by atoms with Gasteiger partial charge in [0, 0.05) is 0 Å². The molecule has 3 heteroatoms. The van der Waals surface area contributed by atoms with Gasteiger partial charge in [0.15, 0.2) is 0 Å². The Balaban J connectivity index is 1.81. The van der Waals surface area contributed by atoms with Crippen LogP contribution in [0.25, 0.3) is 11.1 Å². The van der Waals surface area contributed by atoms with Crippen LogP contribution in [0.4, 0.5) is 0 Å². The lowest BCUT2D eigenvalue weighted by Gasteiger charge is -2.07. The molecule has 3 rings (SSSR count). The summed E-state index contributed by atoms with van der Waals surface area (Å²) in [6, 6.07) is 22.5. The van der Waals surface area contributed by atoms with Crippen LogP contribution in [0.3, 0.4) is 0 Å². The Morgan fingerprint density at radius 3 is 2.12 bits per heavy atom. The van der Waals surface area contributed by atoms with Crippen molar-refractivity contribution in [1.82, 2.24) is 0 Å². The number of hydrogen-bond donors (Lipinski definition) is 0. The first-order valence-electron chi connectivity index (χ1n) is 7.69. The Morgan fingerprint density at radius 1 is 0.792 bits per heavy atom. The van der Waals surface area contributed by atoms with E-state index in [-0.39, 0.29) is 5.97 Å². The van der Waals surface area contributed by atoms with E-state index in [4.69, 9.17) is 9.47 Å². The second-order valence-corrected chi connectivity index (χ2v) is 5.51. The van der Waals surface area contributed by atoms with Crippen molar-refractivity contribution in [2.75, 3.05) is 7.11 Å². The molecule has 0 aliphatic rings. The SMILES string of the molecule is COc1ccc(-c2cccc(C(=O)Oc3ccc(C)cc3)c2)cc1. The molecule has 0 aliphatic carbocycles. The number of aryl methyl sites for hydroxylation is 1. The predicted octanol–water partition coefficient (Wildman–Crippen LogP) is 4.89. The first kappa shape index (κ1) is 15.8. The molecule has 0 fully saturated rings. The minimum atomic E-state index is -0.366. The molecule has 3 aromatic rings. The van der Waals surface area contributed by atoms with Gasteiger partial charge in [-0.2, -0.15) is 0 Å². The van der Waals surface area contributed by atoms with E-state index in [1.807, 2.05) is 61.5 Å². The Labute approximate surface area is 141 Å². The molecule has 3 aromatic carbocycles. The van der Waals surface area contributed by atoms with Crippen LogP contribution in [-0.2, 0) is 0 Å². The van der Waals surface area contributed by atoms with Gasteiger partial charge in [0.05, 0.1) is 12.7 Å². The van der Waals surface area contributed by atoms with Gasteiger partial charge in [0.2, 0.25) is 0 Å². The van der Waals surface area contributed by atoms with Crippen molar-refractivity contribution in [3.63, 3.8) is 0 Å². The van der Waals surface area contributed by atoms with Crippen molar-refractivity contribution in [3.05, 3.63) is 83.9 Å². The molecule has 3 nitrogen and oxygen atoms in total. The normalized spacial score (nSPS) is 10.2. The van der Waals surface area contributed by atoms with Crippen LogP contribution in [0, 0.1) is 6.92 Å². The lowest BCUT2D eigenvalue weighted by molar-refractivity contribution is 0.0735. The fraction of sp³-hybridized carbons (Fsp3) is 0.0952. The van der Waals surface area contributed by atoms with Gasteiger partial charge in [0.1, 0.15) is 11.5 Å². The summed E-state index contributed by atoms with van der Waals surface area (Å²) in [5, 5.41) is 0. The maximum Gasteiger partial charge on any atom is 0.343 e. The van der Waals surface area contributed by atoms with Gasteiger partial charge < -0.3 is 9.47 Å². The lowest BCUT2D eigenvalue weighted by Crippen LogP contribution is -2.08. The zero-order valence-electron chi connectivity index (χ0n) is 13.7. The highest BCUT2D eigenvalue weighted by Gasteiger charge is 2.10. The summed E-state index contributed by atoms with van der Waals surface area (Å²) in [5.41, 5.74) is 3.61. The molecule has 0 heterocycles. The van der Waals surface area contributed by atoms with Crippen LogP contribution < -0.4 is 9.47 Å². The van der Waals surface area contributed by atoms with Gasteiger partial charge >= 0.3 is 5.97 Å². The van der Waals surface area contributed by atoms with Crippen molar-refractivity contribution in [1.29, 1.82) is 0 Å². The van der Waals surface area contributed by atoms with E-state index in [1.54, 1.807) is 25.3 Å². The van der Waals surface area contributed by atoms with E-state index in [0.29, 0.717) is 11.3 Å². The van der Waals surface area contributed by atoms with E-state index in [2.05, 4.69) is 0 Å². The third kappa shape index (κ3) is 3.63. The van der Waals surface area contributed by atoms with E-state index >= 15 is 0 Å². The van der Waals surface area contributed by atoms with Gasteiger partial charge in [-0.3, -0.25) is 0 Å². The van der Waals surface area contributed by atoms with Crippen LogP contribution in [0.2, 0.25) is 0 Å². The maximum absolute atomic E-state index is 12.3. The summed E-state index contributed by atoms with van der Waals surface area (Å²) in [4.78, 5) is 12.3. The summed E-state index contributed by atoms with van der Waals surface area (Å²) < 4.78 is 10.6. The monoisotopic (exact) mass is 318 g/mol. The molecule has 0 amide bonds. The zero-order valence-corrected chi connectivity index (χ0v) is 13.7. The number of ether oxygens (including phenoxy) is 2. The van der Waals surface area contributed by atoms with Crippen LogP contribution in [0.1, 0.15) is 15.9 Å². The smallest absolute Gasteiger partial charge is 0.343 e. The Hall–Kier alpha value is -3.07. The molecule has 0 saturated carbocycles. The number of carbonyl (C=O) groups is 1. The van der Waals surface area contributed by atoms with E-state index in [9.17, 15) is 4.79 Å². The van der Waals surface area contributed by atoms with Gasteiger partial charge in [0.25, 0.3) is 0 Å². The number of benzene rings is 3. The molecule has 0 radical (unpaired) electrons. The summed E-state index contributed by atoms with van der Waals surface area (Å²) in [6.07, 6.45) is 0. The fourth-order valence-corrected chi connectivity index (χ4v) is 2.38. The number of methoxy groups -OCH3 is 1. The summed E-state index contributed by atoms with van der Waals surface area (Å²) in [7, 11) is 1.64. The number of carbonyl (C=O) groups excluding carboxylic acids is 1.